The molecule has 2 aliphatic rings. The predicted octanol–water partition coefficient (Wildman–Crippen LogP) is 5.70. The van der Waals surface area contributed by atoms with Crippen molar-refractivity contribution in [1.29, 1.82) is 0 Å². The van der Waals surface area contributed by atoms with Gasteiger partial charge < -0.3 is 14.2 Å². The quantitative estimate of drug-likeness (QED) is 0.270. The van der Waals surface area contributed by atoms with E-state index in [0.29, 0.717) is 30.6 Å². The van der Waals surface area contributed by atoms with E-state index in [4.69, 9.17) is 14.2 Å². The molecule has 1 saturated heterocycles. The molecule has 6 nitrogen and oxygen atoms in total. The molecule has 0 N–H and O–H groups in total. The van der Waals surface area contributed by atoms with Gasteiger partial charge in [-0.1, -0.05) is 45.2 Å². The highest BCUT2D eigenvalue weighted by molar-refractivity contribution is 6.21. The van der Waals surface area contributed by atoms with Crippen LogP contribution in [0.15, 0.2) is 48.5 Å². The summed E-state index contributed by atoms with van der Waals surface area (Å²) in [5.41, 5.74) is 1.98. The summed E-state index contributed by atoms with van der Waals surface area (Å²) in [4.78, 5) is 26.0. The van der Waals surface area contributed by atoms with Crippen molar-refractivity contribution in [2.45, 2.75) is 65.1 Å². The molecule has 2 fully saturated rings. The number of hydrogen-bond donors (Lipinski definition) is 0. The Morgan fingerprint density at radius 1 is 0.824 bits per heavy atom. The monoisotopic (exact) mass is 465 g/mol. The molecule has 1 saturated carbocycles. The Bertz CT molecular complexity index is 945. The summed E-state index contributed by atoms with van der Waals surface area (Å²) in [6.07, 6.45) is 6.16. The van der Waals surface area contributed by atoms with Crippen LogP contribution in [-0.2, 0) is 14.3 Å². The van der Waals surface area contributed by atoms with Gasteiger partial charge in [0.25, 0.3) is 0 Å². The maximum atomic E-state index is 12.4. The van der Waals surface area contributed by atoms with E-state index >= 15 is 0 Å². The van der Waals surface area contributed by atoms with Gasteiger partial charge >= 0.3 is 0 Å². The standard InChI is InChI=1S/C28H35NO5/c1-19-20(2)28(31)29(27(19)30)24-11-15-26(16-12-24)34-21(3)32-17-18-33-25-13-9-23(10-14-25)22-7-5-4-6-8-22/h9-16,19-22H,4-8,17-18H2,1-3H3. The van der Waals surface area contributed by atoms with Crippen LogP contribution in [0.25, 0.3) is 0 Å². The Hall–Kier alpha value is -2.86. The Kier molecular flexibility index (Phi) is 7.88. The Balaban J connectivity index is 1.19. The first-order valence-electron chi connectivity index (χ1n) is 12.4. The number of carbonyl (C=O) groups is 2. The Morgan fingerprint density at radius 2 is 1.41 bits per heavy atom. The number of carbonyl (C=O) groups excluding carboxylic acids is 2. The fourth-order valence-corrected chi connectivity index (χ4v) is 4.74. The lowest BCUT2D eigenvalue weighted by Crippen LogP contribution is -2.30. The van der Waals surface area contributed by atoms with Crippen molar-refractivity contribution in [2.75, 3.05) is 18.1 Å². The molecule has 0 aromatic heterocycles. The lowest BCUT2D eigenvalue weighted by molar-refractivity contribution is -0.122. The minimum Gasteiger partial charge on any atom is -0.491 e. The lowest BCUT2D eigenvalue weighted by Gasteiger charge is -2.22. The summed E-state index contributed by atoms with van der Waals surface area (Å²) in [7, 11) is 0. The molecule has 2 amide bonds. The molecule has 1 heterocycles. The molecule has 1 aliphatic heterocycles. The van der Waals surface area contributed by atoms with Gasteiger partial charge in [-0.25, -0.2) is 0 Å². The van der Waals surface area contributed by atoms with Crippen LogP contribution in [0.3, 0.4) is 0 Å². The third-order valence-electron chi connectivity index (χ3n) is 7.03. The van der Waals surface area contributed by atoms with Gasteiger partial charge in [-0.05, 0) is 67.6 Å². The van der Waals surface area contributed by atoms with Crippen LogP contribution >= 0.6 is 0 Å². The van der Waals surface area contributed by atoms with Crippen LogP contribution in [0.4, 0.5) is 5.69 Å². The van der Waals surface area contributed by atoms with E-state index in [0.717, 1.165) is 5.75 Å². The molecular formula is C28H35NO5. The molecule has 0 spiro atoms. The maximum absolute atomic E-state index is 12.4. The highest BCUT2D eigenvalue weighted by atomic mass is 16.7. The first-order valence-corrected chi connectivity index (χ1v) is 12.4. The number of anilines is 1. The predicted molar refractivity (Wildman–Crippen MR) is 131 cm³/mol. The fraction of sp³-hybridized carbons (Fsp3) is 0.500. The van der Waals surface area contributed by atoms with Gasteiger partial charge in [0, 0.05) is 11.8 Å². The second-order valence-electron chi connectivity index (χ2n) is 9.39. The van der Waals surface area contributed by atoms with Gasteiger partial charge in [0.05, 0.1) is 12.3 Å². The highest BCUT2D eigenvalue weighted by Crippen LogP contribution is 2.33. The maximum Gasteiger partial charge on any atom is 0.237 e. The third kappa shape index (κ3) is 5.61. The van der Waals surface area contributed by atoms with Crippen LogP contribution in [0, 0.1) is 11.8 Å². The average molecular weight is 466 g/mol. The van der Waals surface area contributed by atoms with E-state index in [1.165, 1.54) is 42.6 Å². The van der Waals surface area contributed by atoms with Crippen LogP contribution in [0.5, 0.6) is 11.5 Å². The average Bonchev–Trinajstić information content (AvgIpc) is 3.06. The largest absolute Gasteiger partial charge is 0.491 e. The molecule has 0 bridgehead atoms. The van der Waals surface area contributed by atoms with E-state index in [1.807, 2.05) is 19.1 Å². The van der Waals surface area contributed by atoms with Gasteiger partial charge in [0.2, 0.25) is 11.8 Å². The van der Waals surface area contributed by atoms with Gasteiger partial charge in [0.15, 0.2) is 6.29 Å². The van der Waals surface area contributed by atoms with E-state index in [-0.39, 0.29) is 23.7 Å². The number of benzene rings is 2. The summed E-state index contributed by atoms with van der Waals surface area (Å²) in [6.45, 7) is 6.24. The summed E-state index contributed by atoms with van der Waals surface area (Å²) >= 11 is 0. The number of nitrogens with zero attached hydrogens (tertiary/aromatic N) is 1. The SMILES string of the molecule is CC(OCCOc1ccc(C2CCCCC2)cc1)Oc1ccc(N2C(=O)C(C)C(C)C2=O)cc1. The molecule has 1 aliphatic carbocycles. The zero-order valence-electron chi connectivity index (χ0n) is 20.4. The smallest absolute Gasteiger partial charge is 0.237 e. The summed E-state index contributed by atoms with van der Waals surface area (Å²) in [5.74, 6) is 1.24. The second kappa shape index (κ2) is 11.0. The van der Waals surface area contributed by atoms with E-state index in [9.17, 15) is 9.59 Å². The topological polar surface area (TPSA) is 65.1 Å². The minimum atomic E-state index is -0.460. The second-order valence-corrected chi connectivity index (χ2v) is 9.39. The number of hydrogen-bond acceptors (Lipinski definition) is 5. The van der Waals surface area contributed by atoms with Crippen LogP contribution in [-0.4, -0.2) is 31.3 Å². The first-order chi connectivity index (χ1) is 16.4. The zero-order valence-corrected chi connectivity index (χ0v) is 20.4. The van der Waals surface area contributed by atoms with E-state index < -0.39 is 6.29 Å². The molecular weight excluding hydrogens is 430 g/mol. The fourth-order valence-electron chi connectivity index (χ4n) is 4.74. The molecule has 182 valence electrons. The minimum absolute atomic E-state index is 0.161. The molecule has 4 rings (SSSR count). The summed E-state index contributed by atoms with van der Waals surface area (Å²) in [6, 6.07) is 15.4. The first kappa shape index (κ1) is 24.3. The number of amides is 2. The van der Waals surface area contributed by atoms with Crippen molar-refractivity contribution in [3.8, 4) is 11.5 Å². The van der Waals surface area contributed by atoms with Crippen molar-refractivity contribution in [3.63, 3.8) is 0 Å². The molecule has 3 atom stereocenters. The number of imide groups is 1. The molecule has 34 heavy (non-hydrogen) atoms. The molecule has 2 aromatic rings. The molecule has 3 unspecified atom stereocenters. The third-order valence-corrected chi connectivity index (χ3v) is 7.03. The van der Waals surface area contributed by atoms with Crippen LogP contribution < -0.4 is 14.4 Å². The highest BCUT2D eigenvalue weighted by Gasteiger charge is 2.42. The van der Waals surface area contributed by atoms with E-state index in [2.05, 4.69) is 12.1 Å². The Labute approximate surface area is 202 Å². The number of rotatable bonds is 9. The normalized spacial score (nSPS) is 22.1. The van der Waals surface area contributed by atoms with Crippen LogP contribution in [0.2, 0.25) is 0 Å². The summed E-state index contributed by atoms with van der Waals surface area (Å²) < 4.78 is 17.3. The molecule has 0 radical (unpaired) electrons. The van der Waals surface area contributed by atoms with Crippen molar-refractivity contribution in [1.82, 2.24) is 0 Å². The Morgan fingerprint density at radius 3 is 2.03 bits per heavy atom. The number of ether oxygens (including phenoxy) is 3. The molecule has 6 heteroatoms. The van der Waals surface area contributed by atoms with Crippen molar-refractivity contribution in [3.05, 3.63) is 54.1 Å². The van der Waals surface area contributed by atoms with Gasteiger partial charge in [-0.2, -0.15) is 0 Å². The van der Waals surface area contributed by atoms with Gasteiger partial charge in [0.1, 0.15) is 18.1 Å². The van der Waals surface area contributed by atoms with Crippen molar-refractivity contribution >= 4 is 17.5 Å². The van der Waals surface area contributed by atoms with Gasteiger partial charge in [-0.3, -0.25) is 14.5 Å². The van der Waals surface area contributed by atoms with Gasteiger partial charge in [-0.15, -0.1) is 0 Å². The van der Waals surface area contributed by atoms with E-state index in [1.54, 1.807) is 38.1 Å². The molecule has 2 aromatic carbocycles. The van der Waals surface area contributed by atoms with Crippen molar-refractivity contribution < 1.29 is 23.8 Å². The van der Waals surface area contributed by atoms with Crippen molar-refractivity contribution in [2.24, 2.45) is 11.8 Å². The van der Waals surface area contributed by atoms with Crippen LogP contribution in [0.1, 0.15) is 64.4 Å². The lowest BCUT2D eigenvalue weighted by atomic mass is 9.84. The summed E-state index contributed by atoms with van der Waals surface area (Å²) in [5, 5.41) is 0. The zero-order chi connectivity index (χ0) is 24.1.